The lowest BCUT2D eigenvalue weighted by Crippen LogP contribution is -2.27. The fraction of sp³-hybridized carbons (Fsp3) is 0.294. The molecule has 0 saturated heterocycles. The fourth-order valence-corrected chi connectivity index (χ4v) is 4.13. The molecule has 0 aromatic heterocycles. The van der Waals surface area contributed by atoms with Crippen molar-refractivity contribution in [2.24, 2.45) is 0 Å². The Balaban J connectivity index is 1.84. The summed E-state index contributed by atoms with van der Waals surface area (Å²) in [7, 11) is -1.97. The van der Waals surface area contributed by atoms with Crippen molar-refractivity contribution in [3.05, 3.63) is 59.2 Å². The third kappa shape index (κ3) is 2.87. The molecule has 0 radical (unpaired) electrons. The second kappa shape index (κ2) is 5.74. The molecule has 0 saturated carbocycles. The van der Waals surface area contributed by atoms with E-state index in [0.29, 0.717) is 5.75 Å². The van der Waals surface area contributed by atoms with Crippen molar-refractivity contribution >= 4 is 10.0 Å². The Morgan fingerprint density at radius 3 is 2.55 bits per heavy atom. The van der Waals surface area contributed by atoms with E-state index >= 15 is 0 Å². The van der Waals surface area contributed by atoms with Gasteiger partial charge in [0, 0.05) is 6.04 Å². The molecule has 0 spiro atoms. The van der Waals surface area contributed by atoms with Crippen LogP contribution in [0.5, 0.6) is 5.75 Å². The van der Waals surface area contributed by atoms with Crippen molar-refractivity contribution in [3.8, 4) is 5.75 Å². The summed E-state index contributed by atoms with van der Waals surface area (Å²) in [6.45, 7) is 2.05. The molecular formula is C17H19NO3S. The number of methoxy groups -OCH3 is 1. The standard InChI is InChI=1S/C17H19NO3S/c1-12-3-9-16-13(11-12)4-10-17(16)18-22(19,20)15-7-5-14(21-2)6-8-15/h3,5-9,11,17-18H,4,10H2,1-2H3. The highest BCUT2D eigenvalue weighted by atomic mass is 32.2. The maximum absolute atomic E-state index is 12.5. The van der Waals surface area contributed by atoms with Crippen LogP contribution < -0.4 is 9.46 Å². The topological polar surface area (TPSA) is 55.4 Å². The maximum Gasteiger partial charge on any atom is 0.241 e. The molecule has 2 aromatic rings. The Bertz CT molecular complexity index is 782. The van der Waals surface area contributed by atoms with Gasteiger partial charge in [0.25, 0.3) is 0 Å². The third-order valence-electron chi connectivity index (χ3n) is 4.04. The lowest BCUT2D eigenvalue weighted by atomic mass is 10.1. The Morgan fingerprint density at radius 2 is 1.86 bits per heavy atom. The van der Waals surface area contributed by atoms with Gasteiger partial charge in [-0.25, -0.2) is 13.1 Å². The quantitative estimate of drug-likeness (QED) is 0.943. The molecule has 0 amide bonds. The Hall–Kier alpha value is -1.85. The highest BCUT2D eigenvalue weighted by Crippen LogP contribution is 2.33. The van der Waals surface area contributed by atoms with E-state index in [9.17, 15) is 8.42 Å². The number of sulfonamides is 1. The number of fused-ring (bicyclic) bond motifs is 1. The van der Waals surface area contributed by atoms with Crippen LogP contribution in [-0.4, -0.2) is 15.5 Å². The van der Waals surface area contributed by atoms with Crippen LogP contribution in [0.15, 0.2) is 47.4 Å². The first-order valence-corrected chi connectivity index (χ1v) is 8.74. The number of aryl methyl sites for hydroxylation is 2. The van der Waals surface area contributed by atoms with Crippen molar-refractivity contribution in [1.82, 2.24) is 4.72 Å². The second-order valence-electron chi connectivity index (χ2n) is 5.59. The summed E-state index contributed by atoms with van der Waals surface area (Å²) >= 11 is 0. The molecule has 4 nitrogen and oxygen atoms in total. The van der Waals surface area contributed by atoms with Gasteiger partial charge in [-0.1, -0.05) is 23.8 Å². The van der Waals surface area contributed by atoms with Crippen molar-refractivity contribution in [1.29, 1.82) is 0 Å². The van der Waals surface area contributed by atoms with Gasteiger partial charge in [-0.2, -0.15) is 0 Å². The van der Waals surface area contributed by atoms with Gasteiger partial charge in [-0.3, -0.25) is 0 Å². The van der Waals surface area contributed by atoms with Crippen LogP contribution in [0.4, 0.5) is 0 Å². The van der Waals surface area contributed by atoms with Gasteiger partial charge in [0.05, 0.1) is 12.0 Å². The summed E-state index contributed by atoms with van der Waals surface area (Å²) in [6.07, 6.45) is 1.71. The van der Waals surface area contributed by atoms with Crippen LogP contribution in [-0.2, 0) is 16.4 Å². The molecule has 1 aliphatic rings. The van der Waals surface area contributed by atoms with E-state index in [2.05, 4.69) is 17.7 Å². The van der Waals surface area contributed by atoms with Crippen LogP contribution in [0.2, 0.25) is 0 Å². The molecule has 1 aliphatic carbocycles. The average Bonchev–Trinajstić information content (AvgIpc) is 2.89. The molecule has 5 heteroatoms. The first-order chi connectivity index (χ1) is 10.5. The predicted octanol–water partition coefficient (Wildman–Crippen LogP) is 2.97. The fourth-order valence-electron chi connectivity index (χ4n) is 2.88. The molecule has 116 valence electrons. The van der Waals surface area contributed by atoms with Crippen LogP contribution in [0.3, 0.4) is 0 Å². The number of rotatable bonds is 4. The predicted molar refractivity (Wildman–Crippen MR) is 85.6 cm³/mol. The smallest absolute Gasteiger partial charge is 0.241 e. The normalized spacial score (nSPS) is 17.3. The van der Waals surface area contributed by atoms with Crippen molar-refractivity contribution in [2.75, 3.05) is 7.11 Å². The Kier molecular flexibility index (Phi) is 3.93. The summed E-state index contributed by atoms with van der Waals surface area (Å²) < 4.78 is 32.9. The number of hydrogen-bond donors (Lipinski definition) is 1. The van der Waals surface area contributed by atoms with Crippen molar-refractivity contribution < 1.29 is 13.2 Å². The molecule has 0 heterocycles. The van der Waals surface area contributed by atoms with E-state index in [1.165, 1.54) is 11.1 Å². The van der Waals surface area contributed by atoms with E-state index < -0.39 is 10.0 Å². The Morgan fingerprint density at radius 1 is 1.14 bits per heavy atom. The lowest BCUT2D eigenvalue weighted by molar-refractivity contribution is 0.414. The van der Waals surface area contributed by atoms with Gasteiger partial charge in [0.15, 0.2) is 0 Å². The minimum Gasteiger partial charge on any atom is -0.497 e. The highest BCUT2D eigenvalue weighted by Gasteiger charge is 2.27. The van der Waals surface area contributed by atoms with Crippen LogP contribution in [0.1, 0.15) is 29.2 Å². The minimum absolute atomic E-state index is 0.150. The van der Waals surface area contributed by atoms with Gasteiger partial charge in [0.2, 0.25) is 10.0 Å². The van der Waals surface area contributed by atoms with Crippen molar-refractivity contribution in [3.63, 3.8) is 0 Å². The van der Waals surface area contributed by atoms with Gasteiger partial charge in [-0.15, -0.1) is 0 Å². The molecule has 1 atom stereocenters. The van der Waals surface area contributed by atoms with E-state index in [4.69, 9.17) is 4.74 Å². The molecule has 1 unspecified atom stereocenters. The van der Waals surface area contributed by atoms with E-state index in [-0.39, 0.29) is 10.9 Å². The highest BCUT2D eigenvalue weighted by molar-refractivity contribution is 7.89. The van der Waals surface area contributed by atoms with Crippen molar-refractivity contribution in [2.45, 2.75) is 30.7 Å². The molecule has 1 N–H and O–H groups in total. The monoisotopic (exact) mass is 317 g/mol. The SMILES string of the molecule is COc1ccc(S(=O)(=O)NC2CCc3cc(C)ccc32)cc1. The minimum atomic E-state index is -3.53. The summed E-state index contributed by atoms with van der Waals surface area (Å²) in [5.41, 5.74) is 3.53. The van der Waals surface area contributed by atoms with E-state index in [1.807, 2.05) is 12.1 Å². The molecule has 3 rings (SSSR count). The molecule has 0 bridgehead atoms. The lowest BCUT2D eigenvalue weighted by Gasteiger charge is -2.15. The zero-order chi connectivity index (χ0) is 15.7. The Labute approximate surface area is 131 Å². The summed E-state index contributed by atoms with van der Waals surface area (Å²) in [4.78, 5) is 0.258. The van der Waals surface area contributed by atoms with Gasteiger partial charge in [0.1, 0.15) is 5.75 Å². The molecular weight excluding hydrogens is 298 g/mol. The average molecular weight is 317 g/mol. The summed E-state index contributed by atoms with van der Waals surface area (Å²) in [6, 6.07) is 12.5. The van der Waals surface area contributed by atoms with Crippen LogP contribution in [0.25, 0.3) is 0 Å². The number of ether oxygens (including phenoxy) is 1. The summed E-state index contributed by atoms with van der Waals surface area (Å²) in [5, 5.41) is 0. The first kappa shape index (κ1) is 15.1. The van der Waals surface area contributed by atoms with Gasteiger partial charge < -0.3 is 4.74 Å². The molecule has 0 fully saturated rings. The zero-order valence-corrected chi connectivity index (χ0v) is 13.5. The van der Waals surface area contributed by atoms with Crippen LogP contribution in [0, 0.1) is 6.92 Å². The first-order valence-electron chi connectivity index (χ1n) is 7.25. The van der Waals surface area contributed by atoms with Crippen LogP contribution >= 0.6 is 0 Å². The van der Waals surface area contributed by atoms with E-state index in [1.54, 1.807) is 31.4 Å². The molecule has 22 heavy (non-hydrogen) atoms. The largest absolute Gasteiger partial charge is 0.497 e. The number of nitrogens with one attached hydrogen (secondary N) is 1. The molecule has 0 aliphatic heterocycles. The maximum atomic E-state index is 12.5. The zero-order valence-electron chi connectivity index (χ0n) is 12.7. The van der Waals surface area contributed by atoms with Gasteiger partial charge >= 0.3 is 0 Å². The van der Waals surface area contributed by atoms with E-state index in [0.717, 1.165) is 18.4 Å². The summed E-state index contributed by atoms with van der Waals surface area (Å²) in [5.74, 6) is 0.639. The third-order valence-corrected chi connectivity index (χ3v) is 5.53. The number of hydrogen-bond acceptors (Lipinski definition) is 3. The second-order valence-corrected chi connectivity index (χ2v) is 7.30. The molecule has 2 aromatic carbocycles. The number of benzene rings is 2. The van der Waals surface area contributed by atoms with Gasteiger partial charge in [-0.05, 0) is 55.2 Å².